The number of nitrogens with one attached hydrogen (secondary N) is 1. The molecule has 0 aliphatic rings. The number of hydrogen-bond donors (Lipinski definition) is 1. The van der Waals surface area contributed by atoms with E-state index in [0.717, 1.165) is 27.7 Å². The Morgan fingerprint density at radius 1 is 1.10 bits per heavy atom. The Labute approximate surface area is 172 Å². The van der Waals surface area contributed by atoms with Crippen LogP contribution < -0.4 is 5.32 Å². The first-order valence-corrected chi connectivity index (χ1v) is 10.3. The number of aryl methyl sites for hydroxylation is 3. The van der Waals surface area contributed by atoms with Gasteiger partial charge < -0.3 is 5.32 Å². The summed E-state index contributed by atoms with van der Waals surface area (Å²) < 4.78 is 1.66. The van der Waals surface area contributed by atoms with Crippen LogP contribution in [0, 0.1) is 20.8 Å². The minimum absolute atomic E-state index is 0.107. The molecule has 0 bridgehead atoms. The molecule has 0 saturated heterocycles. The van der Waals surface area contributed by atoms with Crippen molar-refractivity contribution < 1.29 is 4.79 Å². The maximum atomic E-state index is 12.3. The predicted molar refractivity (Wildman–Crippen MR) is 113 cm³/mol. The SMILES string of the molecule is Cc1ccc(-c2nc(CCNC(=O)Cc3nc4nc(C)cc(C)n4n3)cs2)cc1. The van der Waals surface area contributed by atoms with E-state index in [1.807, 2.05) is 25.3 Å². The van der Waals surface area contributed by atoms with E-state index < -0.39 is 0 Å². The van der Waals surface area contributed by atoms with Crippen molar-refractivity contribution in [1.29, 1.82) is 0 Å². The quantitative estimate of drug-likeness (QED) is 0.532. The van der Waals surface area contributed by atoms with Gasteiger partial charge in [-0.25, -0.2) is 14.5 Å². The molecule has 0 atom stereocenters. The number of nitrogens with zero attached hydrogens (tertiary/aromatic N) is 5. The Kier molecular flexibility index (Phi) is 5.35. The Hall–Kier alpha value is -3.13. The normalized spacial score (nSPS) is 11.1. The first kappa shape index (κ1) is 19.2. The zero-order valence-corrected chi connectivity index (χ0v) is 17.5. The fraction of sp³-hybridized carbons (Fsp3) is 0.286. The Morgan fingerprint density at radius 2 is 1.90 bits per heavy atom. The van der Waals surface area contributed by atoms with Crippen molar-refractivity contribution in [2.45, 2.75) is 33.6 Å². The van der Waals surface area contributed by atoms with Crippen LogP contribution in [0.2, 0.25) is 0 Å². The van der Waals surface area contributed by atoms with Gasteiger partial charge in [0.2, 0.25) is 5.91 Å². The lowest BCUT2D eigenvalue weighted by molar-refractivity contribution is -0.120. The van der Waals surface area contributed by atoms with Crippen LogP contribution in [0.3, 0.4) is 0 Å². The number of thiazole rings is 1. The molecule has 4 aromatic rings. The average molecular weight is 407 g/mol. The molecular weight excluding hydrogens is 384 g/mol. The second kappa shape index (κ2) is 8.08. The summed E-state index contributed by atoms with van der Waals surface area (Å²) in [7, 11) is 0. The van der Waals surface area contributed by atoms with Gasteiger partial charge in [0, 0.05) is 35.3 Å². The molecule has 0 saturated carbocycles. The molecule has 1 N–H and O–H groups in total. The van der Waals surface area contributed by atoms with Gasteiger partial charge in [0.25, 0.3) is 5.78 Å². The molecule has 3 heterocycles. The highest BCUT2D eigenvalue weighted by molar-refractivity contribution is 7.13. The molecule has 3 aromatic heterocycles. The summed E-state index contributed by atoms with van der Waals surface area (Å²) >= 11 is 1.62. The van der Waals surface area contributed by atoms with E-state index in [9.17, 15) is 4.79 Å². The van der Waals surface area contributed by atoms with E-state index in [-0.39, 0.29) is 12.3 Å². The highest BCUT2D eigenvalue weighted by Gasteiger charge is 2.12. The summed E-state index contributed by atoms with van der Waals surface area (Å²) in [5, 5.41) is 10.3. The molecule has 4 rings (SSSR count). The summed E-state index contributed by atoms with van der Waals surface area (Å²) in [4.78, 5) is 25.6. The van der Waals surface area contributed by atoms with Gasteiger partial charge in [0.1, 0.15) is 5.01 Å². The minimum atomic E-state index is -0.107. The van der Waals surface area contributed by atoms with E-state index >= 15 is 0 Å². The minimum Gasteiger partial charge on any atom is -0.355 e. The van der Waals surface area contributed by atoms with Crippen LogP contribution in [0.15, 0.2) is 35.7 Å². The highest BCUT2D eigenvalue weighted by Crippen LogP contribution is 2.24. The van der Waals surface area contributed by atoms with E-state index in [2.05, 4.69) is 56.6 Å². The number of aromatic nitrogens is 5. The number of amides is 1. The molecule has 0 unspecified atom stereocenters. The first-order valence-electron chi connectivity index (χ1n) is 9.46. The Bertz CT molecular complexity index is 1160. The van der Waals surface area contributed by atoms with Gasteiger partial charge in [-0.3, -0.25) is 4.79 Å². The zero-order chi connectivity index (χ0) is 20.4. The Balaban J connectivity index is 1.31. The van der Waals surface area contributed by atoms with Crippen LogP contribution in [-0.4, -0.2) is 37.0 Å². The molecule has 0 aliphatic heterocycles. The summed E-state index contributed by atoms with van der Waals surface area (Å²) in [6.07, 6.45) is 0.820. The molecule has 0 fully saturated rings. The van der Waals surface area contributed by atoms with Gasteiger partial charge >= 0.3 is 0 Å². The van der Waals surface area contributed by atoms with E-state index in [0.29, 0.717) is 24.6 Å². The zero-order valence-electron chi connectivity index (χ0n) is 16.6. The average Bonchev–Trinajstić information content (AvgIpc) is 3.29. The molecule has 148 valence electrons. The molecular formula is C21H22N6OS. The van der Waals surface area contributed by atoms with Crippen molar-refractivity contribution in [2.24, 2.45) is 0 Å². The molecule has 0 radical (unpaired) electrons. The second-order valence-corrected chi connectivity index (χ2v) is 7.92. The number of fused-ring (bicyclic) bond motifs is 1. The molecule has 7 nitrogen and oxygen atoms in total. The van der Waals surface area contributed by atoms with E-state index in [1.165, 1.54) is 5.56 Å². The van der Waals surface area contributed by atoms with Crippen LogP contribution in [0.1, 0.15) is 28.5 Å². The van der Waals surface area contributed by atoms with Gasteiger partial charge in [-0.2, -0.15) is 4.98 Å². The van der Waals surface area contributed by atoms with Gasteiger partial charge in [-0.1, -0.05) is 29.8 Å². The second-order valence-electron chi connectivity index (χ2n) is 7.07. The lowest BCUT2D eigenvalue weighted by Crippen LogP contribution is -2.27. The topological polar surface area (TPSA) is 85.1 Å². The standard InChI is InChI=1S/C21H22N6OS/c1-13-4-6-16(7-5-13)20-24-17(12-29-20)8-9-22-19(28)11-18-25-21-23-14(2)10-15(3)27(21)26-18/h4-7,10,12H,8-9,11H2,1-3H3,(H,22,28). The lowest BCUT2D eigenvalue weighted by Gasteiger charge is -2.02. The number of benzene rings is 1. The van der Waals surface area contributed by atoms with Gasteiger partial charge in [0.05, 0.1) is 12.1 Å². The van der Waals surface area contributed by atoms with E-state index in [4.69, 9.17) is 0 Å². The maximum absolute atomic E-state index is 12.3. The molecule has 29 heavy (non-hydrogen) atoms. The van der Waals surface area contributed by atoms with Crippen molar-refractivity contribution in [3.63, 3.8) is 0 Å². The largest absolute Gasteiger partial charge is 0.355 e. The van der Waals surface area contributed by atoms with Crippen LogP contribution in [-0.2, 0) is 17.6 Å². The third-order valence-electron chi connectivity index (χ3n) is 4.53. The van der Waals surface area contributed by atoms with Crippen molar-refractivity contribution in [3.05, 3.63) is 64.2 Å². The number of carbonyl (C=O) groups excluding carboxylic acids is 1. The highest BCUT2D eigenvalue weighted by atomic mass is 32.1. The number of hydrogen-bond acceptors (Lipinski definition) is 6. The Morgan fingerprint density at radius 3 is 2.69 bits per heavy atom. The third kappa shape index (κ3) is 4.48. The summed E-state index contributed by atoms with van der Waals surface area (Å²) in [6.45, 7) is 6.45. The lowest BCUT2D eigenvalue weighted by atomic mass is 10.2. The first-order chi connectivity index (χ1) is 14.0. The van der Waals surface area contributed by atoms with Crippen LogP contribution in [0.5, 0.6) is 0 Å². The fourth-order valence-electron chi connectivity index (χ4n) is 3.07. The van der Waals surface area contributed by atoms with Crippen molar-refractivity contribution in [1.82, 2.24) is 29.9 Å². The number of carbonyl (C=O) groups is 1. The van der Waals surface area contributed by atoms with Crippen LogP contribution in [0.25, 0.3) is 16.3 Å². The molecule has 1 aromatic carbocycles. The predicted octanol–water partition coefficient (Wildman–Crippen LogP) is 3.07. The molecule has 0 spiro atoms. The number of rotatable bonds is 6. The summed E-state index contributed by atoms with van der Waals surface area (Å²) in [5.41, 5.74) is 5.15. The molecule has 8 heteroatoms. The van der Waals surface area contributed by atoms with Crippen molar-refractivity contribution >= 4 is 23.0 Å². The van der Waals surface area contributed by atoms with Crippen molar-refractivity contribution in [3.8, 4) is 10.6 Å². The molecule has 0 aliphatic carbocycles. The van der Waals surface area contributed by atoms with Gasteiger partial charge in [-0.15, -0.1) is 16.4 Å². The maximum Gasteiger partial charge on any atom is 0.252 e. The smallest absolute Gasteiger partial charge is 0.252 e. The fourth-order valence-corrected chi connectivity index (χ4v) is 3.93. The van der Waals surface area contributed by atoms with Crippen LogP contribution in [0.4, 0.5) is 0 Å². The van der Waals surface area contributed by atoms with E-state index in [1.54, 1.807) is 15.9 Å². The van der Waals surface area contributed by atoms with Crippen molar-refractivity contribution in [2.75, 3.05) is 6.54 Å². The monoisotopic (exact) mass is 406 g/mol. The molecule has 1 amide bonds. The summed E-state index contributed by atoms with van der Waals surface area (Å²) in [6, 6.07) is 10.3. The third-order valence-corrected chi connectivity index (χ3v) is 5.47. The van der Waals surface area contributed by atoms with Crippen LogP contribution >= 0.6 is 11.3 Å². The summed E-state index contributed by atoms with van der Waals surface area (Å²) in [5.74, 6) is 0.889. The van der Waals surface area contributed by atoms with Gasteiger partial charge in [0.15, 0.2) is 5.82 Å². The van der Waals surface area contributed by atoms with Gasteiger partial charge in [-0.05, 0) is 26.8 Å².